The summed E-state index contributed by atoms with van der Waals surface area (Å²) in [6.07, 6.45) is 2.87. The number of carbonyl (C=O) groups excluding carboxylic acids is 8. The van der Waals surface area contributed by atoms with E-state index >= 15 is 0 Å². The molecule has 0 bridgehead atoms. The number of amides is 6. The van der Waals surface area contributed by atoms with Gasteiger partial charge in [0.1, 0.15) is 24.2 Å². The van der Waals surface area contributed by atoms with E-state index in [0.717, 1.165) is 24.8 Å². The number of ketones is 2. The number of nitrogens with one attached hydrogen (secondary N) is 7. The zero-order chi connectivity index (χ0) is 49.7. The first-order valence-corrected chi connectivity index (χ1v) is 24.0. The second-order valence-corrected chi connectivity index (χ2v) is 19.8. The number of aryl methyl sites for hydroxylation is 1. The van der Waals surface area contributed by atoms with Crippen molar-refractivity contribution in [2.24, 2.45) is 17.3 Å². The molecule has 2 aliphatic rings. The van der Waals surface area contributed by atoms with Gasteiger partial charge in [-0.2, -0.15) is 0 Å². The van der Waals surface area contributed by atoms with Crippen LogP contribution in [0.2, 0.25) is 0 Å². The van der Waals surface area contributed by atoms with Crippen molar-refractivity contribution in [1.29, 1.82) is 0 Å². The van der Waals surface area contributed by atoms with E-state index in [2.05, 4.69) is 43.3 Å². The first kappa shape index (κ1) is 54.1. The Hall–Kier alpha value is -5.48. The summed E-state index contributed by atoms with van der Waals surface area (Å²) in [6.45, 7) is 16.5. The summed E-state index contributed by atoms with van der Waals surface area (Å²) in [5.41, 5.74) is 2.04. The van der Waals surface area contributed by atoms with Gasteiger partial charge in [-0.1, -0.05) is 84.0 Å². The van der Waals surface area contributed by atoms with Crippen LogP contribution in [-0.2, 0) is 35.2 Å². The van der Waals surface area contributed by atoms with Crippen molar-refractivity contribution in [2.45, 2.75) is 162 Å². The molecule has 6 amide bonds. The summed E-state index contributed by atoms with van der Waals surface area (Å²) < 4.78 is 0. The maximum absolute atomic E-state index is 14.6. The van der Waals surface area contributed by atoms with Crippen LogP contribution in [0.25, 0.3) is 0 Å². The normalized spacial score (nSPS) is 19.7. The largest absolute Gasteiger partial charge is 0.352 e. The molecule has 0 radical (unpaired) electrons. The average Bonchev–Trinajstić information content (AvgIpc) is 3.73. The van der Waals surface area contributed by atoms with Crippen molar-refractivity contribution in [3.63, 3.8) is 0 Å². The van der Waals surface area contributed by atoms with Crippen LogP contribution in [0.3, 0.4) is 0 Å². The lowest BCUT2D eigenvalue weighted by atomic mass is 9.85. The van der Waals surface area contributed by atoms with Gasteiger partial charge in [-0.25, -0.2) is 0 Å². The third kappa shape index (κ3) is 14.8. The first-order chi connectivity index (χ1) is 31.6. The van der Waals surface area contributed by atoms with E-state index in [4.69, 9.17) is 0 Å². The second kappa shape index (κ2) is 24.5. The van der Waals surface area contributed by atoms with Crippen molar-refractivity contribution < 1.29 is 38.4 Å². The van der Waals surface area contributed by atoms with E-state index in [1.54, 1.807) is 53.1 Å². The zero-order valence-corrected chi connectivity index (χ0v) is 41.5. The van der Waals surface area contributed by atoms with Crippen molar-refractivity contribution in [2.75, 3.05) is 20.6 Å². The summed E-state index contributed by atoms with van der Waals surface area (Å²) in [6, 6.07) is 8.94. The lowest BCUT2D eigenvalue weighted by molar-refractivity contribution is -0.144. The molecule has 1 aliphatic heterocycles. The highest BCUT2D eigenvalue weighted by molar-refractivity contribution is 6.02. The highest BCUT2D eigenvalue weighted by Crippen LogP contribution is 2.34. The van der Waals surface area contributed by atoms with Gasteiger partial charge in [0.2, 0.25) is 35.4 Å². The Morgan fingerprint density at radius 1 is 0.731 bits per heavy atom. The molecule has 9 atom stereocenters. The molecule has 4 rings (SSSR count). The molecule has 1 heterocycles. The molecular formula is C51H76N8O8. The van der Waals surface area contributed by atoms with Gasteiger partial charge < -0.3 is 42.1 Å². The number of benzene rings is 2. The number of hydrogen-bond donors (Lipinski definition) is 7. The average molecular weight is 929 g/mol. The van der Waals surface area contributed by atoms with Gasteiger partial charge in [-0.3, -0.25) is 38.4 Å². The predicted molar refractivity (Wildman–Crippen MR) is 258 cm³/mol. The Labute approximate surface area is 397 Å². The van der Waals surface area contributed by atoms with Crippen molar-refractivity contribution in [3.05, 3.63) is 70.8 Å². The van der Waals surface area contributed by atoms with Crippen molar-refractivity contribution in [3.8, 4) is 0 Å². The molecule has 1 fully saturated rings. The minimum absolute atomic E-state index is 0.00859. The van der Waals surface area contributed by atoms with E-state index < -0.39 is 65.3 Å². The molecule has 1 aliphatic carbocycles. The van der Waals surface area contributed by atoms with Gasteiger partial charge in [0, 0.05) is 36.6 Å². The van der Waals surface area contributed by atoms with E-state index in [1.165, 1.54) is 16.5 Å². The Balaban J connectivity index is 1.53. The molecule has 0 saturated carbocycles. The van der Waals surface area contributed by atoms with Crippen LogP contribution < -0.4 is 37.2 Å². The number of Topliss-reactive ketones (excluding diaryl/α,β-unsaturated/α-hetero) is 2. The van der Waals surface area contributed by atoms with Gasteiger partial charge in [0.15, 0.2) is 11.6 Å². The van der Waals surface area contributed by atoms with Gasteiger partial charge >= 0.3 is 0 Å². The second-order valence-electron chi connectivity index (χ2n) is 19.8. The highest BCUT2D eigenvalue weighted by Gasteiger charge is 2.46. The van der Waals surface area contributed by atoms with Crippen LogP contribution >= 0.6 is 0 Å². The number of hydrogen-bond acceptors (Lipinski definition) is 10. The number of carbonyl (C=O) groups is 8. The summed E-state index contributed by atoms with van der Waals surface area (Å²) in [4.78, 5) is 111. The topological polar surface area (TPSA) is 224 Å². The van der Waals surface area contributed by atoms with Crippen molar-refractivity contribution >= 4 is 47.0 Å². The van der Waals surface area contributed by atoms with Crippen LogP contribution in [0, 0.1) is 17.3 Å². The minimum Gasteiger partial charge on any atom is -0.352 e. The van der Waals surface area contributed by atoms with E-state index in [-0.39, 0.29) is 97.1 Å². The fourth-order valence-corrected chi connectivity index (χ4v) is 8.43. The Bertz CT molecular complexity index is 2100. The molecule has 2 aromatic rings. The molecule has 67 heavy (non-hydrogen) atoms. The Morgan fingerprint density at radius 3 is 1.94 bits per heavy atom. The van der Waals surface area contributed by atoms with E-state index in [1.807, 2.05) is 59.7 Å². The summed E-state index contributed by atoms with van der Waals surface area (Å²) in [5.74, 6) is -3.39. The molecule has 16 nitrogen and oxygen atoms in total. The maximum atomic E-state index is 14.6. The lowest BCUT2D eigenvalue weighted by Gasteiger charge is -2.36. The SMILES string of the molecule is CC[C@H](NC(=O)[C@H](C)NC)C(=O)N[C@@H](CCC(=O)c1cccc(C(=O)C[C@H]2C[C@@H](C(=O)N[C@@H]3CCCc4ccccc43)N(C(=O)[C@@H](NC(=O)[C@H](C)NC)C(C)(C)C)C2)c1)C(=O)N[C@H](C)C(C)C. The van der Waals surface area contributed by atoms with E-state index in [0.29, 0.717) is 0 Å². The molecular weight excluding hydrogens is 853 g/mol. The highest BCUT2D eigenvalue weighted by atomic mass is 16.2. The number of rotatable bonds is 22. The van der Waals surface area contributed by atoms with Crippen LogP contribution in [0.4, 0.5) is 0 Å². The van der Waals surface area contributed by atoms with E-state index in [9.17, 15) is 38.4 Å². The molecule has 7 N–H and O–H groups in total. The first-order valence-electron chi connectivity index (χ1n) is 24.0. The van der Waals surface area contributed by atoms with Crippen LogP contribution in [-0.4, -0.2) is 115 Å². The third-order valence-electron chi connectivity index (χ3n) is 13.4. The fourth-order valence-electron chi connectivity index (χ4n) is 8.43. The van der Waals surface area contributed by atoms with Gasteiger partial charge in [0.25, 0.3) is 0 Å². The number of likely N-dealkylation sites (N-methyl/N-ethyl adjacent to an activating group) is 2. The van der Waals surface area contributed by atoms with Crippen molar-refractivity contribution in [1.82, 2.24) is 42.1 Å². The smallest absolute Gasteiger partial charge is 0.246 e. The minimum atomic E-state index is -1.08. The molecule has 1 saturated heterocycles. The monoisotopic (exact) mass is 929 g/mol. The van der Waals surface area contributed by atoms with Crippen LogP contribution in [0.1, 0.15) is 145 Å². The number of nitrogens with zero attached hydrogens (tertiary/aromatic N) is 1. The maximum Gasteiger partial charge on any atom is 0.246 e. The molecule has 16 heteroatoms. The Morgan fingerprint density at radius 2 is 1.33 bits per heavy atom. The fraction of sp³-hybridized carbons (Fsp3) is 0.608. The van der Waals surface area contributed by atoms with Crippen LogP contribution in [0.5, 0.6) is 0 Å². The number of likely N-dealkylation sites (tertiary alicyclic amines) is 1. The molecule has 2 aromatic carbocycles. The van der Waals surface area contributed by atoms with Gasteiger partial charge in [-0.15, -0.1) is 0 Å². The quantitative estimate of drug-likeness (QED) is 0.0844. The standard InChI is InChI=1S/C51H76N8O8/c1-12-38(55-45(62)31(5)52-10)47(64)57-40(48(65)54-30(4)29(2)3)23-24-42(60)35-19-15-20-36(27-35)43(61)26-33-25-41(49(66)56-39-22-16-18-34-17-13-14-21-37(34)39)59(28-33)50(67)44(51(7,8)9)58-46(63)32(6)53-11/h13-15,17,19-21,27,29-33,38-41,44,52-53H,12,16,18,22-26,28H2,1-11H3,(H,54,65)(H,55,62)(H,56,66)(H,57,64)(H,58,63)/t30-,31+,32+,33-,38+,39-,40+,41+,44-/m1/s1. The number of fused-ring (bicyclic) bond motifs is 1. The molecule has 368 valence electrons. The zero-order valence-electron chi connectivity index (χ0n) is 41.5. The van der Waals surface area contributed by atoms with Gasteiger partial charge in [-0.05, 0) is 108 Å². The predicted octanol–water partition coefficient (Wildman–Crippen LogP) is 3.92. The summed E-state index contributed by atoms with van der Waals surface area (Å²) in [7, 11) is 3.29. The summed E-state index contributed by atoms with van der Waals surface area (Å²) in [5, 5.41) is 20.3. The molecule has 0 aromatic heterocycles. The molecule has 0 spiro atoms. The van der Waals surface area contributed by atoms with Gasteiger partial charge in [0.05, 0.1) is 18.1 Å². The van der Waals surface area contributed by atoms with Crippen LogP contribution in [0.15, 0.2) is 48.5 Å². The third-order valence-corrected chi connectivity index (χ3v) is 13.4. The summed E-state index contributed by atoms with van der Waals surface area (Å²) >= 11 is 0. The Kier molecular flexibility index (Phi) is 19.8. The lowest BCUT2D eigenvalue weighted by Crippen LogP contribution is -2.59. The molecule has 0 unspecified atom stereocenters.